The number of benzene rings is 3. The molecule has 2 aliphatic carbocycles. The van der Waals surface area contributed by atoms with E-state index in [1.165, 1.54) is 0 Å². The number of carbonyl (C=O) groups excluding carboxylic acids is 1. The SMILES string of the molecule is COc1cc(C(=O)N2C[C@H]3CC[C@@H]2C[C@@H]3N)cc2nc(-c3cc4cccc(-c5cc(F)c(O)cc5F)c4n3CC3CC3)n(C)c12. The Morgan fingerprint density at radius 2 is 1.87 bits per heavy atom. The summed E-state index contributed by atoms with van der Waals surface area (Å²) in [6.07, 6.45) is 5.05. The topological polar surface area (TPSA) is 98.5 Å². The maximum Gasteiger partial charge on any atom is 0.254 e. The van der Waals surface area contributed by atoms with Gasteiger partial charge in [0.15, 0.2) is 17.4 Å². The summed E-state index contributed by atoms with van der Waals surface area (Å²) in [6, 6.07) is 13.4. The number of hydrogen-bond acceptors (Lipinski definition) is 5. The van der Waals surface area contributed by atoms with Gasteiger partial charge in [-0.1, -0.05) is 18.2 Å². The number of aromatic hydroxyl groups is 1. The highest BCUT2D eigenvalue weighted by Crippen LogP contribution is 2.42. The van der Waals surface area contributed by atoms with Gasteiger partial charge in [-0.25, -0.2) is 13.8 Å². The van der Waals surface area contributed by atoms with Crippen molar-refractivity contribution in [2.45, 2.75) is 50.7 Å². The predicted octanol–water partition coefficient (Wildman–Crippen LogP) is 6.22. The lowest BCUT2D eigenvalue weighted by Crippen LogP contribution is -2.58. The first-order valence-electron chi connectivity index (χ1n) is 15.6. The molecule has 4 heterocycles. The van der Waals surface area contributed by atoms with Crippen molar-refractivity contribution < 1.29 is 23.4 Å². The molecule has 2 aromatic heterocycles. The highest BCUT2D eigenvalue weighted by Gasteiger charge is 2.41. The summed E-state index contributed by atoms with van der Waals surface area (Å²) in [6.45, 7) is 1.37. The summed E-state index contributed by atoms with van der Waals surface area (Å²) >= 11 is 0. The highest BCUT2D eigenvalue weighted by molar-refractivity contribution is 6.01. The smallest absolute Gasteiger partial charge is 0.254 e. The first-order chi connectivity index (χ1) is 21.7. The fourth-order valence-electron chi connectivity index (χ4n) is 7.61. The Morgan fingerprint density at radius 3 is 2.58 bits per heavy atom. The van der Waals surface area contributed by atoms with Crippen LogP contribution in [0.5, 0.6) is 11.5 Å². The number of rotatable bonds is 6. The van der Waals surface area contributed by atoms with Crippen LogP contribution >= 0.6 is 0 Å². The Kier molecular flexibility index (Phi) is 6.42. The number of phenolic OH excluding ortho intramolecular Hbond substituents is 1. The van der Waals surface area contributed by atoms with Crippen LogP contribution in [-0.4, -0.2) is 55.8 Å². The largest absolute Gasteiger partial charge is 0.505 e. The van der Waals surface area contributed by atoms with Crippen molar-refractivity contribution in [3.63, 3.8) is 0 Å². The number of nitrogens with two attached hydrogens (primary N) is 1. The normalized spacial score (nSPS) is 21.3. The number of phenols is 1. The lowest BCUT2D eigenvalue weighted by atomic mass is 9.76. The molecule has 232 valence electrons. The number of piperidine rings is 2. The van der Waals surface area contributed by atoms with Crippen molar-refractivity contribution >= 4 is 27.8 Å². The highest BCUT2D eigenvalue weighted by atomic mass is 19.1. The van der Waals surface area contributed by atoms with Crippen LogP contribution in [0.2, 0.25) is 0 Å². The number of aromatic nitrogens is 3. The maximum atomic E-state index is 15.2. The lowest BCUT2D eigenvalue weighted by molar-refractivity contribution is 0.0261. The lowest BCUT2D eigenvalue weighted by Gasteiger charge is -2.48. The predicted molar refractivity (Wildman–Crippen MR) is 168 cm³/mol. The molecule has 8 nitrogen and oxygen atoms in total. The third-order valence-electron chi connectivity index (χ3n) is 10.2. The summed E-state index contributed by atoms with van der Waals surface area (Å²) < 4.78 is 39.6. The number of methoxy groups -OCH3 is 1. The number of amides is 1. The van der Waals surface area contributed by atoms with E-state index in [2.05, 4.69) is 4.57 Å². The Bertz CT molecular complexity index is 2010. The molecule has 2 saturated carbocycles. The minimum atomic E-state index is -0.878. The standard InChI is InChI=1S/C35H35F2N5O3/c1-40-33-28(10-21(12-31(33)45-2)35(44)41-17-20-8-9-22(41)13-27(20)38)39-34(40)29-11-19-4-3-5-23(32(19)42(29)16-18-6-7-18)24-14-26(37)30(43)15-25(24)36/h3-5,10-12,14-15,18,20,22,27,43H,6-9,13,16-17,38H2,1-2H3/t20-,22-,27+/m1/s1. The van der Waals surface area contributed by atoms with Crippen LogP contribution in [0.15, 0.2) is 48.5 Å². The zero-order valence-corrected chi connectivity index (χ0v) is 25.3. The van der Waals surface area contributed by atoms with E-state index in [1.54, 1.807) is 19.2 Å². The van der Waals surface area contributed by atoms with Crippen molar-refractivity contribution in [2.24, 2.45) is 24.6 Å². The third kappa shape index (κ3) is 4.48. The number of halogens is 2. The quantitative estimate of drug-likeness (QED) is 0.238. The summed E-state index contributed by atoms with van der Waals surface area (Å²) in [5, 5.41) is 10.6. The number of carbonyl (C=O) groups is 1. The van der Waals surface area contributed by atoms with Crippen molar-refractivity contribution in [3.05, 3.63) is 65.7 Å². The van der Waals surface area contributed by atoms with Gasteiger partial charge in [-0.3, -0.25) is 4.79 Å². The van der Waals surface area contributed by atoms with Gasteiger partial charge in [-0.05, 0) is 68.2 Å². The van der Waals surface area contributed by atoms with Crippen molar-refractivity contribution in [2.75, 3.05) is 13.7 Å². The number of ether oxygens (including phenoxy) is 1. The molecular formula is C35H35F2N5O3. The van der Waals surface area contributed by atoms with Gasteiger partial charge in [-0.2, -0.15) is 0 Å². The maximum absolute atomic E-state index is 15.2. The molecule has 9 rings (SSSR count). The average molecular weight is 612 g/mol. The molecule has 10 heteroatoms. The molecule has 2 aliphatic heterocycles. The fraction of sp³-hybridized carbons (Fsp3) is 0.371. The van der Waals surface area contributed by atoms with E-state index >= 15 is 4.39 Å². The van der Waals surface area contributed by atoms with E-state index in [0.717, 1.165) is 66.4 Å². The molecule has 0 unspecified atom stereocenters. The number of para-hydroxylation sites is 1. The van der Waals surface area contributed by atoms with Crippen molar-refractivity contribution in [1.29, 1.82) is 0 Å². The second-order valence-corrected chi connectivity index (χ2v) is 13.0. The molecule has 0 radical (unpaired) electrons. The van der Waals surface area contributed by atoms with Gasteiger partial charge in [0.05, 0.1) is 23.8 Å². The molecule has 4 fully saturated rings. The zero-order chi connectivity index (χ0) is 31.1. The van der Waals surface area contributed by atoms with Crippen molar-refractivity contribution in [1.82, 2.24) is 19.0 Å². The number of aryl methyl sites for hydroxylation is 1. The van der Waals surface area contributed by atoms with Gasteiger partial charge in [0.2, 0.25) is 0 Å². The van der Waals surface area contributed by atoms with Crippen LogP contribution in [0, 0.1) is 23.5 Å². The molecule has 1 amide bonds. The summed E-state index contributed by atoms with van der Waals surface area (Å²) in [5.74, 6) is -0.294. The molecule has 0 spiro atoms. The van der Waals surface area contributed by atoms with E-state index < -0.39 is 17.4 Å². The minimum absolute atomic E-state index is 0.0281. The summed E-state index contributed by atoms with van der Waals surface area (Å²) in [5.41, 5.74) is 10.5. The van der Waals surface area contributed by atoms with Gasteiger partial charge in [0, 0.05) is 60.4 Å². The van der Waals surface area contributed by atoms with Crippen LogP contribution < -0.4 is 10.5 Å². The Morgan fingerprint density at radius 1 is 1.04 bits per heavy atom. The molecule has 3 aromatic carbocycles. The van der Waals surface area contributed by atoms with E-state index in [0.29, 0.717) is 53.1 Å². The number of hydrogen-bond donors (Lipinski definition) is 2. The summed E-state index contributed by atoms with van der Waals surface area (Å²) in [7, 11) is 3.52. The molecule has 4 aliphatic rings. The van der Waals surface area contributed by atoms with E-state index in [-0.39, 0.29) is 23.6 Å². The van der Waals surface area contributed by atoms with Crippen LogP contribution in [0.25, 0.3) is 44.6 Å². The van der Waals surface area contributed by atoms with E-state index in [9.17, 15) is 14.3 Å². The van der Waals surface area contributed by atoms with Gasteiger partial charge >= 0.3 is 0 Å². The number of imidazole rings is 1. The van der Waals surface area contributed by atoms with Crippen LogP contribution in [-0.2, 0) is 13.6 Å². The molecule has 45 heavy (non-hydrogen) atoms. The molecule has 3 N–H and O–H groups in total. The van der Waals surface area contributed by atoms with Crippen LogP contribution in [0.3, 0.4) is 0 Å². The second kappa shape index (κ2) is 10.3. The monoisotopic (exact) mass is 611 g/mol. The average Bonchev–Trinajstić information content (AvgIpc) is 3.70. The minimum Gasteiger partial charge on any atom is -0.505 e. The van der Waals surface area contributed by atoms with Crippen LogP contribution in [0.4, 0.5) is 8.78 Å². The van der Waals surface area contributed by atoms with E-state index in [1.807, 2.05) is 40.8 Å². The molecule has 3 atom stereocenters. The zero-order valence-electron chi connectivity index (χ0n) is 25.3. The van der Waals surface area contributed by atoms with Gasteiger partial charge < -0.3 is 29.6 Å². The van der Waals surface area contributed by atoms with Gasteiger partial charge in [-0.15, -0.1) is 0 Å². The van der Waals surface area contributed by atoms with E-state index in [4.69, 9.17) is 15.5 Å². The Balaban J connectivity index is 1.27. The first kappa shape index (κ1) is 28.1. The second-order valence-electron chi connectivity index (χ2n) is 13.0. The first-order valence-corrected chi connectivity index (χ1v) is 15.6. The Hall–Kier alpha value is -4.44. The number of fused-ring (bicyclic) bond motifs is 5. The summed E-state index contributed by atoms with van der Waals surface area (Å²) in [4.78, 5) is 20.9. The Labute approximate surface area is 259 Å². The molecule has 5 aromatic rings. The van der Waals surface area contributed by atoms with Crippen molar-refractivity contribution in [3.8, 4) is 34.1 Å². The third-order valence-corrected chi connectivity index (χ3v) is 10.2. The van der Waals surface area contributed by atoms with Gasteiger partial charge in [0.1, 0.15) is 17.1 Å². The molecular weight excluding hydrogens is 576 g/mol. The molecule has 2 bridgehead atoms. The molecule has 2 saturated heterocycles. The fourth-order valence-corrected chi connectivity index (χ4v) is 7.61. The number of nitrogens with zero attached hydrogens (tertiary/aromatic N) is 4. The van der Waals surface area contributed by atoms with Gasteiger partial charge in [0.25, 0.3) is 5.91 Å². The van der Waals surface area contributed by atoms with Crippen LogP contribution in [0.1, 0.15) is 42.5 Å².